The van der Waals surface area contributed by atoms with E-state index in [4.69, 9.17) is 10.7 Å². The molecule has 1 aromatic carbocycles. The molecule has 6 nitrogen and oxygen atoms in total. The molecule has 0 fully saturated rings. The Bertz CT molecular complexity index is 999. The number of nitrogens with two attached hydrogens (primary N) is 1. The van der Waals surface area contributed by atoms with E-state index < -0.39 is 0 Å². The van der Waals surface area contributed by atoms with E-state index in [-0.39, 0.29) is 22.9 Å². The lowest BCUT2D eigenvalue weighted by Gasteiger charge is -2.39. The van der Waals surface area contributed by atoms with Crippen LogP contribution < -0.4 is 11.1 Å². The third-order valence-corrected chi connectivity index (χ3v) is 6.44. The predicted molar refractivity (Wildman–Crippen MR) is 116 cm³/mol. The van der Waals surface area contributed by atoms with Gasteiger partial charge in [0, 0.05) is 34.9 Å². The first-order valence-electron chi connectivity index (χ1n) is 9.91. The van der Waals surface area contributed by atoms with Crippen LogP contribution >= 0.6 is 11.8 Å². The van der Waals surface area contributed by atoms with Crippen molar-refractivity contribution in [1.29, 1.82) is 0 Å². The minimum Gasteiger partial charge on any atom is -0.508 e. The molecule has 7 heteroatoms. The van der Waals surface area contributed by atoms with Crippen LogP contribution in [0.1, 0.15) is 57.1 Å². The zero-order valence-electron chi connectivity index (χ0n) is 17.0. The van der Waals surface area contributed by atoms with Crippen molar-refractivity contribution >= 4 is 29.2 Å². The molecule has 0 amide bonds. The highest BCUT2D eigenvalue weighted by molar-refractivity contribution is 7.99. The number of nitrogens with one attached hydrogen (secondary N) is 1. The number of ketones is 1. The summed E-state index contributed by atoms with van der Waals surface area (Å²) in [6.07, 6.45) is 2.28. The monoisotopic (exact) mass is 410 g/mol. The summed E-state index contributed by atoms with van der Waals surface area (Å²) in [5.41, 5.74) is 9.59. The molecule has 29 heavy (non-hydrogen) atoms. The van der Waals surface area contributed by atoms with Crippen molar-refractivity contribution in [2.24, 2.45) is 5.41 Å². The number of aromatic nitrogens is 2. The number of nitrogens with zero attached hydrogens (tertiary/aromatic N) is 2. The summed E-state index contributed by atoms with van der Waals surface area (Å²) in [5, 5.41) is 13.8. The van der Waals surface area contributed by atoms with Crippen molar-refractivity contribution in [3.8, 4) is 5.75 Å². The summed E-state index contributed by atoms with van der Waals surface area (Å²) in [5.74, 6) is 1.96. The van der Waals surface area contributed by atoms with E-state index in [1.54, 1.807) is 23.9 Å². The predicted octanol–water partition coefficient (Wildman–Crippen LogP) is 4.47. The van der Waals surface area contributed by atoms with Gasteiger partial charge >= 0.3 is 0 Å². The van der Waals surface area contributed by atoms with Crippen molar-refractivity contribution in [3.63, 3.8) is 0 Å². The van der Waals surface area contributed by atoms with E-state index in [0.717, 1.165) is 41.0 Å². The fraction of sp³-hybridized carbons (Fsp3) is 0.409. The Morgan fingerprint density at radius 2 is 1.97 bits per heavy atom. The molecule has 2 aliphatic rings. The van der Waals surface area contributed by atoms with Crippen molar-refractivity contribution in [2.75, 3.05) is 16.8 Å². The first-order valence-corrected chi connectivity index (χ1v) is 10.9. The average molecular weight is 411 g/mol. The van der Waals surface area contributed by atoms with Crippen LogP contribution in [0.5, 0.6) is 5.75 Å². The van der Waals surface area contributed by atoms with E-state index >= 15 is 0 Å². The van der Waals surface area contributed by atoms with E-state index in [1.807, 2.05) is 12.1 Å². The van der Waals surface area contributed by atoms with Gasteiger partial charge < -0.3 is 16.2 Å². The number of aromatic hydroxyl groups is 1. The number of carbonyl (C=O) groups excluding carboxylic acids is 1. The van der Waals surface area contributed by atoms with Gasteiger partial charge in [0.2, 0.25) is 0 Å². The lowest BCUT2D eigenvalue weighted by Crippen LogP contribution is -2.34. The molecule has 0 radical (unpaired) electrons. The summed E-state index contributed by atoms with van der Waals surface area (Å²) in [6.45, 7) is 6.33. The normalized spacial score (nSPS) is 20.1. The third-order valence-electron chi connectivity index (χ3n) is 5.38. The van der Waals surface area contributed by atoms with Crippen molar-refractivity contribution in [2.45, 2.75) is 51.1 Å². The van der Waals surface area contributed by atoms with Crippen molar-refractivity contribution in [1.82, 2.24) is 9.97 Å². The van der Waals surface area contributed by atoms with Crippen LogP contribution in [-0.2, 0) is 4.79 Å². The van der Waals surface area contributed by atoms with Gasteiger partial charge in [0.1, 0.15) is 17.4 Å². The lowest BCUT2D eigenvalue weighted by molar-refractivity contribution is -0.118. The van der Waals surface area contributed by atoms with E-state index in [9.17, 15) is 9.90 Å². The van der Waals surface area contributed by atoms with Gasteiger partial charge in [-0.1, -0.05) is 44.7 Å². The zero-order chi connectivity index (χ0) is 20.8. The van der Waals surface area contributed by atoms with Crippen LogP contribution in [0.3, 0.4) is 0 Å². The van der Waals surface area contributed by atoms with Crippen molar-refractivity contribution in [3.05, 3.63) is 46.7 Å². The summed E-state index contributed by atoms with van der Waals surface area (Å²) >= 11 is 1.58. The summed E-state index contributed by atoms with van der Waals surface area (Å²) in [4.78, 5) is 22.4. The maximum atomic E-state index is 13.2. The Morgan fingerprint density at radius 3 is 2.66 bits per heavy atom. The van der Waals surface area contributed by atoms with Crippen molar-refractivity contribution < 1.29 is 9.90 Å². The van der Waals surface area contributed by atoms with Gasteiger partial charge in [-0.05, 0) is 36.0 Å². The van der Waals surface area contributed by atoms with Gasteiger partial charge in [-0.15, -0.1) is 0 Å². The standard InChI is InChI=1S/C22H26N4O2S/c1-4-9-29-21-25-19(23)18-16(12-5-7-13(27)8-6-12)17-14(24-20(18)26-21)10-22(2,3)11-15(17)28/h5-8,16,27H,4,9-11H2,1-3H3,(H3,23,24,25,26)/t16-/m1/s1. The molecule has 1 atom stereocenters. The number of thioether (sulfide) groups is 1. The second kappa shape index (κ2) is 7.37. The number of phenols is 1. The molecule has 4 N–H and O–H groups in total. The Hall–Kier alpha value is -2.54. The number of rotatable bonds is 4. The number of benzene rings is 1. The smallest absolute Gasteiger partial charge is 0.191 e. The Labute approximate surface area is 175 Å². The Morgan fingerprint density at radius 1 is 1.24 bits per heavy atom. The first kappa shape index (κ1) is 19.8. The molecule has 0 unspecified atom stereocenters. The van der Waals surface area contributed by atoms with Gasteiger partial charge in [-0.3, -0.25) is 4.79 Å². The van der Waals surface area contributed by atoms with Gasteiger partial charge in [0.25, 0.3) is 0 Å². The van der Waals surface area contributed by atoms with Crippen LogP contribution in [-0.4, -0.2) is 26.6 Å². The fourth-order valence-electron chi connectivity index (χ4n) is 4.17. The average Bonchev–Trinajstić information content (AvgIpc) is 2.64. The highest BCUT2D eigenvalue weighted by atomic mass is 32.2. The second-order valence-corrected chi connectivity index (χ2v) is 9.55. The van der Waals surface area contributed by atoms with Gasteiger partial charge in [-0.2, -0.15) is 0 Å². The minimum atomic E-state index is -0.337. The van der Waals surface area contributed by atoms with E-state index in [0.29, 0.717) is 23.2 Å². The highest BCUT2D eigenvalue weighted by Gasteiger charge is 2.42. The highest BCUT2D eigenvalue weighted by Crippen LogP contribution is 2.50. The molecule has 0 bridgehead atoms. The molecule has 1 aromatic heterocycles. The Balaban J connectivity index is 1.89. The molecule has 0 saturated heterocycles. The number of phenolic OH excluding ortho intramolecular Hbond substituents is 1. The zero-order valence-corrected chi connectivity index (χ0v) is 17.8. The number of Topliss-reactive ketones (excluding diaryl/α,β-unsaturated/α-hetero) is 1. The number of hydrogen-bond acceptors (Lipinski definition) is 7. The molecule has 1 aliphatic heterocycles. The van der Waals surface area contributed by atoms with Gasteiger partial charge in [-0.25, -0.2) is 9.97 Å². The summed E-state index contributed by atoms with van der Waals surface area (Å²) in [7, 11) is 0. The summed E-state index contributed by atoms with van der Waals surface area (Å²) < 4.78 is 0. The fourth-order valence-corrected chi connectivity index (χ4v) is 4.88. The minimum absolute atomic E-state index is 0.113. The quantitative estimate of drug-likeness (QED) is 0.505. The van der Waals surface area contributed by atoms with Crippen LogP contribution in [0, 0.1) is 5.41 Å². The van der Waals surface area contributed by atoms with Crippen LogP contribution in [0.15, 0.2) is 40.7 Å². The van der Waals surface area contributed by atoms with E-state index in [1.165, 1.54) is 0 Å². The SMILES string of the molecule is CCCSc1nc(N)c2c(n1)NC1=C(C(=O)CC(C)(C)C1)[C@H]2c1ccc(O)cc1. The molecular weight excluding hydrogens is 384 g/mol. The summed E-state index contributed by atoms with van der Waals surface area (Å²) in [6, 6.07) is 6.95. The van der Waals surface area contributed by atoms with Crippen LogP contribution in [0.2, 0.25) is 0 Å². The van der Waals surface area contributed by atoms with Crippen LogP contribution in [0.4, 0.5) is 11.6 Å². The van der Waals surface area contributed by atoms with Gasteiger partial charge in [0.05, 0.1) is 0 Å². The van der Waals surface area contributed by atoms with Gasteiger partial charge in [0.15, 0.2) is 10.9 Å². The maximum Gasteiger partial charge on any atom is 0.191 e. The number of carbonyl (C=O) groups is 1. The maximum absolute atomic E-state index is 13.2. The number of hydrogen-bond donors (Lipinski definition) is 3. The first-order chi connectivity index (χ1) is 13.8. The number of anilines is 2. The molecule has 2 heterocycles. The molecule has 1 aliphatic carbocycles. The lowest BCUT2D eigenvalue weighted by atomic mass is 9.69. The third kappa shape index (κ3) is 3.71. The molecule has 2 aromatic rings. The number of fused-ring (bicyclic) bond motifs is 1. The number of nitrogen functional groups attached to an aromatic ring is 1. The van der Waals surface area contributed by atoms with E-state index in [2.05, 4.69) is 31.1 Å². The largest absolute Gasteiger partial charge is 0.508 e. The molecule has 0 saturated carbocycles. The topological polar surface area (TPSA) is 101 Å². The Kier molecular flexibility index (Phi) is 5.02. The molecular formula is C22H26N4O2S. The molecule has 4 rings (SSSR count). The molecule has 152 valence electrons. The molecule has 0 spiro atoms. The second-order valence-electron chi connectivity index (χ2n) is 8.48. The van der Waals surface area contributed by atoms with Crippen LogP contribution in [0.25, 0.3) is 0 Å². The number of allylic oxidation sites excluding steroid dienone is 2.